The van der Waals surface area contributed by atoms with E-state index in [2.05, 4.69) is 29.5 Å². The predicted octanol–water partition coefficient (Wildman–Crippen LogP) is 3.31. The van der Waals surface area contributed by atoms with Crippen LogP contribution in [0.5, 0.6) is 0 Å². The molecule has 1 aliphatic heterocycles. The van der Waals surface area contributed by atoms with Gasteiger partial charge in [0.1, 0.15) is 0 Å². The Bertz CT molecular complexity index is 243. The van der Waals surface area contributed by atoms with Crippen molar-refractivity contribution in [2.75, 3.05) is 26.2 Å². The van der Waals surface area contributed by atoms with Gasteiger partial charge in [-0.05, 0) is 32.6 Å². The van der Waals surface area contributed by atoms with Crippen molar-refractivity contribution in [3.63, 3.8) is 0 Å². The number of rotatable bonds is 9. The molecule has 1 unspecified atom stereocenters. The first-order chi connectivity index (χ1) is 9.36. The number of guanidine groups is 1. The maximum Gasteiger partial charge on any atom is 0.191 e. The molecular weight excluding hydrogens is 365 g/mol. The summed E-state index contributed by atoms with van der Waals surface area (Å²) < 4.78 is 5.62. The van der Waals surface area contributed by atoms with E-state index in [0.717, 1.165) is 38.6 Å². The van der Waals surface area contributed by atoms with Crippen LogP contribution >= 0.6 is 24.0 Å². The van der Waals surface area contributed by atoms with E-state index in [4.69, 9.17) is 4.74 Å². The van der Waals surface area contributed by atoms with Gasteiger partial charge >= 0.3 is 0 Å². The van der Waals surface area contributed by atoms with E-state index in [1.165, 1.54) is 38.5 Å². The van der Waals surface area contributed by atoms with E-state index in [1.54, 1.807) is 0 Å². The number of nitrogens with zero attached hydrogens (tertiary/aromatic N) is 1. The molecule has 4 nitrogen and oxygen atoms in total. The summed E-state index contributed by atoms with van der Waals surface area (Å²) in [4.78, 5) is 4.60. The minimum absolute atomic E-state index is 0. The Balaban J connectivity index is 0.00000361. The molecule has 0 aromatic heterocycles. The molecule has 1 atom stereocenters. The molecule has 1 aliphatic rings. The second-order valence-corrected chi connectivity index (χ2v) is 5.17. The molecule has 0 radical (unpaired) electrons. The molecule has 20 heavy (non-hydrogen) atoms. The fraction of sp³-hybridized carbons (Fsp3) is 0.933. The second-order valence-electron chi connectivity index (χ2n) is 5.17. The smallest absolute Gasteiger partial charge is 0.191 e. The Hall–Kier alpha value is -0.0400. The maximum absolute atomic E-state index is 5.62. The Morgan fingerprint density at radius 2 is 2.05 bits per heavy atom. The Kier molecular flexibility index (Phi) is 13.9. The lowest BCUT2D eigenvalue weighted by Gasteiger charge is -2.13. The summed E-state index contributed by atoms with van der Waals surface area (Å²) in [5.41, 5.74) is 0. The number of ether oxygens (including phenoxy) is 1. The third-order valence-electron chi connectivity index (χ3n) is 3.41. The Labute approximate surface area is 141 Å². The molecule has 1 rings (SSSR count). The average Bonchev–Trinajstić information content (AvgIpc) is 2.91. The zero-order valence-electron chi connectivity index (χ0n) is 13.1. The number of hydrogen-bond acceptors (Lipinski definition) is 2. The predicted molar refractivity (Wildman–Crippen MR) is 97.1 cm³/mol. The fourth-order valence-corrected chi connectivity index (χ4v) is 2.29. The van der Waals surface area contributed by atoms with Crippen LogP contribution in [0, 0.1) is 0 Å². The molecule has 0 aromatic carbocycles. The van der Waals surface area contributed by atoms with Gasteiger partial charge in [-0.2, -0.15) is 0 Å². The Morgan fingerprint density at radius 1 is 1.20 bits per heavy atom. The van der Waals surface area contributed by atoms with Gasteiger partial charge in [0, 0.05) is 26.2 Å². The lowest BCUT2D eigenvalue weighted by Crippen LogP contribution is -2.38. The minimum Gasteiger partial charge on any atom is -0.378 e. The largest absolute Gasteiger partial charge is 0.378 e. The van der Waals surface area contributed by atoms with Gasteiger partial charge < -0.3 is 15.4 Å². The summed E-state index contributed by atoms with van der Waals surface area (Å²) in [5, 5.41) is 6.69. The van der Waals surface area contributed by atoms with Gasteiger partial charge in [-0.15, -0.1) is 24.0 Å². The molecule has 2 N–H and O–H groups in total. The molecule has 0 aromatic rings. The Morgan fingerprint density at radius 3 is 2.70 bits per heavy atom. The fourth-order valence-electron chi connectivity index (χ4n) is 2.29. The molecule has 1 heterocycles. The molecular formula is C15H32IN3O. The molecule has 0 saturated carbocycles. The summed E-state index contributed by atoms with van der Waals surface area (Å²) >= 11 is 0. The maximum atomic E-state index is 5.62. The van der Waals surface area contributed by atoms with Crippen LogP contribution in [0.4, 0.5) is 0 Å². The van der Waals surface area contributed by atoms with Crippen LogP contribution in [0.3, 0.4) is 0 Å². The van der Waals surface area contributed by atoms with Crippen LogP contribution in [0.15, 0.2) is 4.99 Å². The summed E-state index contributed by atoms with van der Waals surface area (Å²) in [6, 6.07) is 0. The number of hydrogen-bond donors (Lipinski definition) is 2. The van der Waals surface area contributed by atoms with Gasteiger partial charge in [-0.25, -0.2) is 0 Å². The van der Waals surface area contributed by atoms with Crippen molar-refractivity contribution in [3.05, 3.63) is 0 Å². The summed E-state index contributed by atoms with van der Waals surface area (Å²) in [7, 11) is 0. The van der Waals surface area contributed by atoms with Crippen LogP contribution in [-0.4, -0.2) is 38.3 Å². The van der Waals surface area contributed by atoms with Gasteiger partial charge in [0.15, 0.2) is 5.96 Å². The van der Waals surface area contributed by atoms with Crippen LogP contribution in [0.2, 0.25) is 0 Å². The average molecular weight is 397 g/mol. The van der Waals surface area contributed by atoms with E-state index in [-0.39, 0.29) is 24.0 Å². The number of nitrogens with one attached hydrogen (secondary N) is 2. The molecule has 0 aliphatic carbocycles. The first-order valence-corrected chi connectivity index (χ1v) is 8.00. The quantitative estimate of drug-likeness (QED) is 0.272. The third-order valence-corrected chi connectivity index (χ3v) is 3.41. The van der Waals surface area contributed by atoms with Gasteiger partial charge in [0.05, 0.1) is 6.10 Å². The van der Waals surface area contributed by atoms with Crippen LogP contribution < -0.4 is 10.6 Å². The third kappa shape index (κ3) is 9.80. The molecule has 0 bridgehead atoms. The summed E-state index contributed by atoms with van der Waals surface area (Å²) in [6.07, 6.45) is 9.05. The first-order valence-electron chi connectivity index (χ1n) is 8.00. The SMILES string of the molecule is CCCCCCN=C(NCC)NCCC1CCCO1.I. The molecule has 1 fully saturated rings. The topological polar surface area (TPSA) is 45.7 Å². The van der Waals surface area contributed by atoms with Gasteiger partial charge in [0.2, 0.25) is 0 Å². The highest BCUT2D eigenvalue weighted by atomic mass is 127. The van der Waals surface area contributed by atoms with E-state index in [1.807, 2.05) is 0 Å². The first kappa shape index (κ1) is 20.0. The van der Waals surface area contributed by atoms with Crippen molar-refractivity contribution in [2.24, 2.45) is 4.99 Å². The number of halogens is 1. The molecule has 120 valence electrons. The van der Waals surface area contributed by atoms with Gasteiger partial charge in [-0.3, -0.25) is 4.99 Å². The standard InChI is InChI=1S/C15H31N3O.HI/c1-3-5-6-7-11-17-15(16-4-2)18-12-10-14-9-8-13-19-14;/h14H,3-13H2,1-2H3,(H2,16,17,18);1H. The monoisotopic (exact) mass is 397 g/mol. The van der Waals surface area contributed by atoms with Crippen molar-refractivity contribution in [2.45, 2.75) is 64.9 Å². The second kappa shape index (κ2) is 13.9. The number of aliphatic imine (C=N–C) groups is 1. The summed E-state index contributed by atoms with van der Waals surface area (Å²) in [6.45, 7) is 8.08. The van der Waals surface area contributed by atoms with Crippen molar-refractivity contribution < 1.29 is 4.74 Å². The van der Waals surface area contributed by atoms with Crippen molar-refractivity contribution in [1.29, 1.82) is 0 Å². The highest BCUT2D eigenvalue weighted by Gasteiger charge is 2.14. The zero-order valence-corrected chi connectivity index (χ0v) is 15.4. The molecule has 5 heteroatoms. The van der Waals surface area contributed by atoms with Gasteiger partial charge in [-0.1, -0.05) is 26.2 Å². The number of unbranched alkanes of at least 4 members (excludes halogenated alkanes) is 3. The normalized spacial score (nSPS) is 18.7. The lowest BCUT2D eigenvalue weighted by molar-refractivity contribution is 0.105. The van der Waals surface area contributed by atoms with E-state index >= 15 is 0 Å². The van der Waals surface area contributed by atoms with Crippen molar-refractivity contribution >= 4 is 29.9 Å². The molecule has 0 amide bonds. The highest BCUT2D eigenvalue weighted by Crippen LogP contribution is 2.14. The zero-order chi connectivity index (χ0) is 13.8. The molecule has 1 saturated heterocycles. The van der Waals surface area contributed by atoms with Crippen molar-refractivity contribution in [1.82, 2.24) is 10.6 Å². The van der Waals surface area contributed by atoms with Crippen LogP contribution in [0.1, 0.15) is 58.8 Å². The molecule has 0 spiro atoms. The highest BCUT2D eigenvalue weighted by molar-refractivity contribution is 14.0. The van der Waals surface area contributed by atoms with Crippen LogP contribution in [0.25, 0.3) is 0 Å². The van der Waals surface area contributed by atoms with E-state index < -0.39 is 0 Å². The van der Waals surface area contributed by atoms with Crippen molar-refractivity contribution in [3.8, 4) is 0 Å². The lowest BCUT2D eigenvalue weighted by atomic mass is 10.2. The summed E-state index contributed by atoms with van der Waals surface area (Å²) in [5.74, 6) is 0.956. The van der Waals surface area contributed by atoms with Crippen LogP contribution in [-0.2, 0) is 4.74 Å². The van der Waals surface area contributed by atoms with E-state index in [0.29, 0.717) is 6.10 Å². The minimum atomic E-state index is 0. The van der Waals surface area contributed by atoms with Gasteiger partial charge in [0.25, 0.3) is 0 Å². The van der Waals surface area contributed by atoms with E-state index in [9.17, 15) is 0 Å².